The lowest BCUT2D eigenvalue weighted by molar-refractivity contribution is 0.189. The molecule has 2 rings (SSSR count). The van der Waals surface area contributed by atoms with Gasteiger partial charge in [-0.3, -0.25) is 0 Å². The van der Waals surface area contributed by atoms with Gasteiger partial charge in [-0.1, -0.05) is 26.2 Å². The van der Waals surface area contributed by atoms with Gasteiger partial charge in [0.25, 0.3) is 0 Å². The van der Waals surface area contributed by atoms with Gasteiger partial charge in [0.15, 0.2) is 0 Å². The van der Waals surface area contributed by atoms with Gasteiger partial charge in [-0.2, -0.15) is 0 Å². The lowest BCUT2D eigenvalue weighted by Gasteiger charge is -2.32. The summed E-state index contributed by atoms with van der Waals surface area (Å²) in [5, 5.41) is 3.82. The van der Waals surface area contributed by atoms with Gasteiger partial charge in [0.05, 0.1) is 0 Å². The largest absolute Gasteiger partial charge is 0.314 e. The van der Waals surface area contributed by atoms with Crippen molar-refractivity contribution in [3.8, 4) is 0 Å². The Morgan fingerprint density at radius 3 is 2.61 bits per heavy atom. The molecule has 1 N–H and O–H groups in total. The van der Waals surface area contributed by atoms with Crippen LogP contribution in [0.15, 0.2) is 0 Å². The molecule has 1 heterocycles. The van der Waals surface area contributed by atoms with Crippen molar-refractivity contribution in [1.29, 1.82) is 0 Å². The topological polar surface area (TPSA) is 15.3 Å². The Labute approximate surface area is 114 Å². The van der Waals surface area contributed by atoms with Crippen molar-refractivity contribution in [3.05, 3.63) is 0 Å². The van der Waals surface area contributed by atoms with Gasteiger partial charge in [-0.25, -0.2) is 0 Å². The maximum atomic E-state index is 3.82. The smallest absolute Gasteiger partial charge is 0.0107 e. The van der Waals surface area contributed by atoms with E-state index in [9.17, 15) is 0 Å². The summed E-state index contributed by atoms with van der Waals surface area (Å²) in [5.74, 6) is 0.902. The van der Waals surface area contributed by atoms with E-state index in [-0.39, 0.29) is 0 Å². The maximum absolute atomic E-state index is 3.82. The van der Waals surface area contributed by atoms with Crippen LogP contribution in [0.3, 0.4) is 0 Å². The number of nitrogens with one attached hydrogen (secondary N) is 1. The molecule has 2 fully saturated rings. The van der Waals surface area contributed by atoms with Crippen molar-refractivity contribution in [2.24, 2.45) is 5.92 Å². The lowest BCUT2D eigenvalue weighted by atomic mass is 9.93. The van der Waals surface area contributed by atoms with Gasteiger partial charge in [-0.05, 0) is 58.0 Å². The molecule has 0 radical (unpaired) electrons. The summed E-state index contributed by atoms with van der Waals surface area (Å²) in [4.78, 5) is 2.75. The first kappa shape index (κ1) is 14.3. The molecule has 2 heteroatoms. The molecule has 0 amide bonds. The molecule has 0 aromatic heterocycles. The van der Waals surface area contributed by atoms with Crippen molar-refractivity contribution in [3.63, 3.8) is 0 Å². The molecule has 1 saturated heterocycles. The second-order valence-electron chi connectivity index (χ2n) is 6.44. The fourth-order valence-corrected chi connectivity index (χ4v) is 3.77. The van der Waals surface area contributed by atoms with Crippen LogP contribution < -0.4 is 5.32 Å². The minimum Gasteiger partial charge on any atom is -0.314 e. The molecule has 106 valence electrons. The first-order valence-corrected chi connectivity index (χ1v) is 8.28. The monoisotopic (exact) mass is 252 g/mol. The van der Waals surface area contributed by atoms with E-state index in [4.69, 9.17) is 0 Å². The molecule has 1 saturated carbocycles. The summed E-state index contributed by atoms with van der Waals surface area (Å²) in [7, 11) is 0. The highest BCUT2D eigenvalue weighted by atomic mass is 15.2. The molecule has 0 bridgehead atoms. The molecule has 2 nitrogen and oxygen atoms in total. The second-order valence-corrected chi connectivity index (χ2v) is 6.44. The number of likely N-dealkylation sites (tertiary alicyclic amines) is 1. The van der Waals surface area contributed by atoms with Crippen molar-refractivity contribution >= 4 is 0 Å². The van der Waals surface area contributed by atoms with Crippen LogP contribution in [0, 0.1) is 5.92 Å². The highest BCUT2D eigenvalue weighted by Gasteiger charge is 2.28. The van der Waals surface area contributed by atoms with E-state index in [0.29, 0.717) is 0 Å². The van der Waals surface area contributed by atoms with Crippen LogP contribution in [0.4, 0.5) is 0 Å². The van der Waals surface area contributed by atoms with Crippen LogP contribution in [0.1, 0.15) is 65.2 Å². The zero-order valence-corrected chi connectivity index (χ0v) is 12.5. The molecular formula is C16H32N2. The molecule has 0 aromatic carbocycles. The highest BCUT2D eigenvalue weighted by Crippen LogP contribution is 2.27. The fourth-order valence-electron chi connectivity index (χ4n) is 3.77. The van der Waals surface area contributed by atoms with Crippen molar-refractivity contribution in [1.82, 2.24) is 10.2 Å². The van der Waals surface area contributed by atoms with E-state index in [0.717, 1.165) is 18.0 Å². The average Bonchev–Trinajstić information content (AvgIpc) is 2.64. The molecule has 1 aliphatic carbocycles. The highest BCUT2D eigenvalue weighted by molar-refractivity contribution is 4.85. The van der Waals surface area contributed by atoms with E-state index < -0.39 is 0 Å². The maximum Gasteiger partial charge on any atom is 0.0107 e. The Balaban J connectivity index is 1.87. The number of hydrogen-bond donors (Lipinski definition) is 1. The summed E-state index contributed by atoms with van der Waals surface area (Å²) >= 11 is 0. The minimum atomic E-state index is 0.792. The molecule has 1 aliphatic heterocycles. The van der Waals surface area contributed by atoms with Gasteiger partial charge in [0, 0.05) is 18.6 Å². The minimum absolute atomic E-state index is 0.792. The Bertz CT molecular complexity index is 229. The SMILES string of the molecule is CCCNC1CCCCCC1CN1CCCC1C. The Morgan fingerprint density at radius 1 is 1.06 bits per heavy atom. The van der Waals surface area contributed by atoms with Crippen LogP contribution in [-0.4, -0.2) is 36.6 Å². The van der Waals surface area contributed by atoms with Gasteiger partial charge < -0.3 is 10.2 Å². The van der Waals surface area contributed by atoms with Crippen molar-refractivity contribution in [2.45, 2.75) is 77.3 Å². The third-order valence-corrected chi connectivity index (χ3v) is 4.98. The lowest BCUT2D eigenvalue weighted by Crippen LogP contribution is -2.43. The molecule has 3 atom stereocenters. The molecule has 0 aromatic rings. The number of rotatable bonds is 5. The first-order chi connectivity index (χ1) is 8.81. The third-order valence-electron chi connectivity index (χ3n) is 4.98. The zero-order chi connectivity index (χ0) is 12.8. The molecule has 0 spiro atoms. The summed E-state index contributed by atoms with van der Waals surface area (Å²) in [6, 6.07) is 1.63. The quantitative estimate of drug-likeness (QED) is 0.754. The van der Waals surface area contributed by atoms with Crippen molar-refractivity contribution < 1.29 is 0 Å². The van der Waals surface area contributed by atoms with Crippen LogP contribution in [0.2, 0.25) is 0 Å². The van der Waals surface area contributed by atoms with Crippen LogP contribution in [-0.2, 0) is 0 Å². The van der Waals surface area contributed by atoms with Gasteiger partial charge in [-0.15, -0.1) is 0 Å². The Hall–Kier alpha value is -0.0800. The summed E-state index contributed by atoms with van der Waals surface area (Å²) < 4.78 is 0. The van der Waals surface area contributed by atoms with E-state index in [2.05, 4.69) is 24.1 Å². The van der Waals surface area contributed by atoms with E-state index >= 15 is 0 Å². The predicted molar refractivity (Wildman–Crippen MR) is 78.9 cm³/mol. The third kappa shape index (κ3) is 3.96. The second kappa shape index (κ2) is 7.49. The standard InChI is InChI=1S/C16H32N2/c1-3-11-17-16-10-6-4-5-9-15(16)13-18-12-7-8-14(18)2/h14-17H,3-13H2,1-2H3. The van der Waals surface area contributed by atoms with E-state index in [1.54, 1.807) is 0 Å². The fraction of sp³-hybridized carbons (Fsp3) is 1.00. The molecule has 3 unspecified atom stereocenters. The molecular weight excluding hydrogens is 220 g/mol. The van der Waals surface area contributed by atoms with Crippen LogP contribution in [0.5, 0.6) is 0 Å². The summed E-state index contributed by atoms with van der Waals surface area (Å²) in [6.45, 7) is 8.59. The zero-order valence-electron chi connectivity index (χ0n) is 12.5. The van der Waals surface area contributed by atoms with Crippen LogP contribution in [0.25, 0.3) is 0 Å². The predicted octanol–water partition coefficient (Wildman–Crippen LogP) is 3.42. The Morgan fingerprint density at radius 2 is 1.89 bits per heavy atom. The normalized spacial score (nSPS) is 34.7. The van der Waals surface area contributed by atoms with E-state index in [1.165, 1.54) is 71.0 Å². The Kier molecular flexibility index (Phi) is 5.97. The average molecular weight is 252 g/mol. The summed E-state index contributed by atoms with van der Waals surface area (Å²) in [6.07, 6.45) is 11.3. The van der Waals surface area contributed by atoms with Gasteiger partial charge >= 0.3 is 0 Å². The first-order valence-electron chi connectivity index (χ1n) is 8.28. The van der Waals surface area contributed by atoms with Crippen LogP contribution >= 0.6 is 0 Å². The van der Waals surface area contributed by atoms with Crippen molar-refractivity contribution in [2.75, 3.05) is 19.6 Å². The number of nitrogens with zero attached hydrogens (tertiary/aromatic N) is 1. The molecule has 2 aliphatic rings. The number of hydrogen-bond acceptors (Lipinski definition) is 2. The molecule has 18 heavy (non-hydrogen) atoms. The van der Waals surface area contributed by atoms with E-state index in [1.807, 2.05) is 0 Å². The summed E-state index contributed by atoms with van der Waals surface area (Å²) in [5.41, 5.74) is 0. The van der Waals surface area contributed by atoms with Gasteiger partial charge in [0.2, 0.25) is 0 Å². The van der Waals surface area contributed by atoms with Gasteiger partial charge in [0.1, 0.15) is 0 Å².